The minimum Gasteiger partial charge on any atom is -0.395 e. The van der Waals surface area contributed by atoms with Crippen LogP contribution in [0.1, 0.15) is 0 Å². The zero-order valence-corrected chi connectivity index (χ0v) is 15.2. The summed E-state index contributed by atoms with van der Waals surface area (Å²) in [7, 11) is 0. The van der Waals surface area contributed by atoms with Crippen LogP contribution in [0.3, 0.4) is 0 Å². The second-order valence-electron chi connectivity index (χ2n) is 6.13. The maximum absolute atomic E-state index is 10.8. The molecular formula is C18H22N4O3S. The molecule has 0 atom stereocenters. The van der Waals surface area contributed by atoms with E-state index in [0.717, 1.165) is 42.5 Å². The van der Waals surface area contributed by atoms with Crippen LogP contribution in [0, 0.1) is 10.1 Å². The number of nitro benzene ring substituents is 1. The molecule has 1 saturated heterocycles. The lowest BCUT2D eigenvalue weighted by Gasteiger charge is -2.35. The zero-order valence-electron chi connectivity index (χ0n) is 14.4. The van der Waals surface area contributed by atoms with Gasteiger partial charge in [-0.1, -0.05) is 11.8 Å². The van der Waals surface area contributed by atoms with Crippen LogP contribution in [-0.4, -0.2) is 54.3 Å². The fraction of sp³-hybridized carbons (Fsp3) is 0.333. The summed E-state index contributed by atoms with van der Waals surface area (Å²) >= 11 is 1.53. The Balaban J connectivity index is 1.61. The average molecular weight is 374 g/mol. The lowest BCUT2D eigenvalue weighted by Crippen LogP contribution is -2.47. The first kappa shape index (κ1) is 18.5. The molecular weight excluding hydrogens is 352 g/mol. The highest BCUT2D eigenvalue weighted by atomic mass is 32.2. The summed E-state index contributed by atoms with van der Waals surface area (Å²) in [5.74, 6) is 0. The van der Waals surface area contributed by atoms with E-state index >= 15 is 0 Å². The van der Waals surface area contributed by atoms with E-state index < -0.39 is 4.92 Å². The number of nitrogen functional groups attached to an aromatic ring is 1. The number of hydrogen-bond acceptors (Lipinski definition) is 7. The summed E-state index contributed by atoms with van der Waals surface area (Å²) in [6.07, 6.45) is 0. The van der Waals surface area contributed by atoms with E-state index in [2.05, 4.69) is 34.1 Å². The molecule has 1 heterocycles. The number of aliphatic hydroxyl groups is 1. The molecule has 0 saturated carbocycles. The number of rotatable bonds is 6. The third kappa shape index (κ3) is 4.46. The molecule has 2 aromatic carbocycles. The van der Waals surface area contributed by atoms with E-state index in [0.29, 0.717) is 0 Å². The number of piperazine rings is 1. The lowest BCUT2D eigenvalue weighted by atomic mass is 10.2. The molecule has 26 heavy (non-hydrogen) atoms. The van der Waals surface area contributed by atoms with Gasteiger partial charge < -0.3 is 15.7 Å². The van der Waals surface area contributed by atoms with Crippen molar-refractivity contribution in [2.24, 2.45) is 0 Å². The van der Waals surface area contributed by atoms with E-state index in [4.69, 9.17) is 10.8 Å². The van der Waals surface area contributed by atoms with Crippen molar-refractivity contribution >= 4 is 28.8 Å². The maximum Gasteiger partial charge on any atom is 0.292 e. The van der Waals surface area contributed by atoms with Gasteiger partial charge in [-0.15, -0.1) is 0 Å². The van der Waals surface area contributed by atoms with E-state index in [1.807, 2.05) is 0 Å². The van der Waals surface area contributed by atoms with Crippen molar-refractivity contribution < 1.29 is 10.0 Å². The molecule has 1 aliphatic rings. The highest BCUT2D eigenvalue weighted by molar-refractivity contribution is 7.99. The molecule has 138 valence electrons. The third-order valence-corrected chi connectivity index (χ3v) is 5.42. The first-order valence-corrected chi connectivity index (χ1v) is 9.28. The van der Waals surface area contributed by atoms with Gasteiger partial charge in [0.25, 0.3) is 5.69 Å². The minimum atomic E-state index is -0.473. The first-order valence-electron chi connectivity index (χ1n) is 8.47. The van der Waals surface area contributed by atoms with Gasteiger partial charge in [-0.2, -0.15) is 0 Å². The molecule has 0 unspecified atom stereocenters. The lowest BCUT2D eigenvalue weighted by molar-refractivity contribution is -0.383. The number of nitrogens with two attached hydrogens (primary N) is 1. The molecule has 0 radical (unpaired) electrons. The number of nitro groups is 1. The molecule has 3 N–H and O–H groups in total. The molecule has 0 spiro atoms. The topological polar surface area (TPSA) is 95.9 Å². The standard InChI is InChI=1S/C18H22N4O3S/c19-17-13-16(5-6-18(17)22(24)25)26-15-3-1-14(2-4-15)21-9-7-20(8-10-21)11-12-23/h1-6,13,23H,7-12,19H2. The van der Waals surface area contributed by atoms with Crippen molar-refractivity contribution in [3.8, 4) is 0 Å². The molecule has 0 bridgehead atoms. The summed E-state index contributed by atoms with van der Waals surface area (Å²) in [6.45, 7) is 4.76. The number of benzene rings is 2. The fourth-order valence-corrected chi connectivity index (χ4v) is 3.86. The Morgan fingerprint density at radius 3 is 2.31 bits per heavy atom. The van der Waals surface area contributed by atoms with Gasteiger partial charge in [0, 0.05) is 54.3 Å². The number of anilines is 2. The van der Waals surface area contributed by atoms with Gasteiger partial charge in [0.2, 0.25) is 0 Å². The Morgan fingerprint density at radius 1 is 1.08 bits per heavy atom. The maximum atomic E-state index is 10.8. The van der Waals surface area contributed by atoms with Crippen LogP contribution >= 0.6 is 11.8 Å². The van der Waals surface area contributed by atoms with Crippen molar-refractivity contribution in [1.82, 2.24) is 4.90 Å². The Labute approximate surface area is 156 Å². The van der Waals surface area contributed by atoms with Crippen LogP contribution in [-0.2, 0) is 0 Å². The third-order valence-electron chi connectivity index (χ3n) is 4.42. The highest BCUT2D eigenvalue weighted by Gasteiger charge is 2.16. The summed E-state index contributed by atoms with van der Waals surface area (Å²) in [4.78, 5) is 16.9. The van der Waals surface area contributed by atoms with Crippen LogP contribution in [0.4, 0.5) is 17.1 Å². The van der Waals surface area contributed by atoms with Crippen LogP contribution in [0.5, 0.6) is 0 Å². The monoisotopic (exact) mass is 374 g/mol. The van der Waals surface area contributed by atoms with E-state index in [9.17, 15) is 10.1 Å². The zero-order chi connectivity index (χ0) is 18.5. The van der Waals surface area contributed by atoms with Crippen LogP contribution in [0.15, 0.2) is 52.3 Å². The largest absolute Gasteiger partial charge is 0.395 e. The summed E-state index contributed by atoms with van der Waals surface area (Å²) in [5.41, 5.74) is 7.04. The summed E-state index contributed by atoms with van der Waals surface area (Å²) < 4.78 is 0. The summed E-state index contributed by atoms with van der Waals surface area (Å²) in [5, 5.41) is 19.8. The van der Waals surface area contributed by atoms with E-state index in [1.54, 1.807) is 12.1 Å². The Kier molecular flexibility index (Phi) is 5.97. The molecule has 7 nitrogen and oxygen atoms in total. The highest BCUT2D eigenvalue weighted by Crippen LogP contribution is 2.33. The molecule has 0 amide bonds. The van der Waals surface area contributed by atoms with Gasteiger partial charge in [-0.25, -0.2) is 0 Å². The van der Waals surface area contributed by atoms with Crippen LogP contribution in [0.25, 0.3) is 0 Å². The number of aliphatic hydroxyl groups excluding tert-OH is 1. The minimum absolute atomic E-state index is 0.0648. The van der Waals surface area contributed by atoms with Crippen LogP contribution in [0.2, 0.25) is 0 Å². The average Bonchev–Trinajstić information content (AvgIpc) is 2.63. The first-order chi connectivity index (χ1) is 12.6. The smallest absolute Gasteiger partial charge is 0.292 e. The predicted molar refractivity (Wildman–Crippen MR) is 104 cm³/mol. The molecule has 2 aromatic rings. The number of β-amino-alcohol motifs (C(OH)–C–C–N with tert-alkyl or cyclic N) is 1. The fourth-order valence-electron chi connectivity index (χ4n) is 2.99. The summed E-state index contributed by atoms with van der Waals surface area (Å²) in [6, 6.07) is 13.1. The molecule has 3 rings (SSSR count). The Morgan fingerprint density at radius 2 is 1.73 bits per heavy atom. The van der Waals surface area contributed by atoms with Gasteiger partial charge in [0.1, 0.15) is 5.69 Å². The molecule has 0 aliphatic carbocycles. The number of nitrogens with zero attached hydrogens (tertiary/aromatic N) is 3. The Hall–Kier alpha value is -2.29. The predicted octanol–water partition coefficient (Wildman–Crippen LogP) is 2.44. The van der Waals surface area contributed by atoms with Crippen molar-refractivity contribution in [2.45, 2.75) is 9.79 Å². The molecule has 1 aliphatic heterocycles. The van der Waals surface area contributed by atoms with Gasteiger partial charge in [0.05, 0.1) is 11.5 Å². The van der Waals surface area contributed by atoms with Crippen molar-refractivity contribution in [3.63, 3.8) is 0 Å². The van der Waals surface area contributed by atoms with Crippen molar-refractivity contribution in [3.05, 3.63) is 52.6 Å². The SMILES string of the molecule is Nc1cc(Sc2ccc(N3CCN(CCO)CC3)cc2)ccc1[N+](=O)[O-]. The second-order valence-corrected chi connectivity index (χ2v) is 7.27. The van der Waals surface area contributed by atoms with Gasteiger partial charge in [0.15, 0.2) is 0 Å². The quantitative estimate of drug-likeness (QED) is 0.455. The molecule has 8 heteroatoms. The van der Waals surface area contributed by atoms with Crippen molar-refractivity contribution in [2.75, 3.05) is 50.0 Å². The normalized spacial score (nSPS) is 15.2. The van der Waals surface area contributed by atoms with Gasteiger partial charge in [-0.05, 0) is 36.4 Å². The molecule has 1 fully saturated rings. The second kappa shape index (κ2) is 8.39. The van der Waals surface area contributed by atoms with E-state index in [1.165, 1.54) is 23.5 Å². The van der Waals surface area contributed by atoms with Gasteiger partial charge in [-0.3, -0.25) is 15.0 Å². The molecule has 0 aromatic heterocycles. The number of hydrogen-bond donors (Lipinski definition) is 2. The van der Waals surface area contributed by atoms with E-state index in [-0.39, 0.29) is 18.0 Å². The van der Waals surface area contributed by atoms with Crippen LogP contribution < -0.4 is 10.6 Å². The van der Waals surface area contributed by atoms with Gasteiger partial charge >= 0.3 is 0 Å². The van der Waals surface area contributed by atoms with Crippen molar-refractivity contribution in [1.29, 1.82) is 0 Å². The Bertz CT molecular complexity index is 762.